The normalized spacial score (nSPS) is 16.8. The fraction of sp³-hybridized carbons (Fsp3) is 0.333. The van der Waals surface area contributed by atoms with Gasteiger partial charge >= 0.3 is 5.97 Å². The summed E-state index contributed by atoms with van der Waals surface area (Å²) < 4.78 is 0. The quantitative estimate of drug-likeness (QED) is 0.0610. The van der Waals surface area contributed by atoms with Gasteiger partial charge in [-0.15, -0.1) is 0 Å². The number of hydrogen-bond donors (Lipinski definition) is 9. The van der Waals surface area contributed by atoms with Crippen LogP contribution in [0.2, 0.25) is 0 Å². The highest BCUT2D eigenvalue weighted by Gasteiger charge is 2.34. The molecule has 12 N–H and O–H groups in total. The van der Waals surface area contributed by atoms with Crippen LogP contribution in [0, 0.1) is 5.92 Å². The number of rotatable bonds is 18. The first-order valence-electron chi connectivity index (χ1n) is 15.5. The van der Waals surface area contributed by atoms with Crippen LogP contribution >= 0.6 is 0 Å². The number of hydrogen-bond acceptors (Lipinski definition) is 11. The van der Waals surface area contributed by atoms with Crippen LogP contribution in [-0.2, 0) is 46.4 Å². The van der Waals surface area contributed by atoms with E-state index in [0.29, 0.717) is 16.2 Å². The molecule has 2 aromatic carbocycles. The van der Waals surface area contributed by atoms with Crippen molar-refractivity contribution in [2.75, 3.05) is 19.6 Å². The number of benzene rings is 2. The van der Waals surface area contributed by atoms with E-state index < -0.39 is 78.7 Å². The molecule has 0 heterocycles. The molecule has 0 unspecified atom stereocenters. The number of phenols is 2. The van der Waals surface area contributed by atoms with Gasteiger partial charge in [-0.1, -0.05) is 48.6 Å². The molecular weight excluding hydrogens is 654 g/mol. The van der Waals surface area contributed by atoms with Crippen LogP contribution in [0.25, 0.3) is 0 Å². The molecule has 3 atom stereocenters. The maximum Gasteiger partial charge on any atom is 0.329 e. The SMILES string of the molecule is NCC(=O)N[C@@H](CC1C=CC(ON(C(=O)CNC(=O)[C@H](Cc2ccc(O)cc2)NC(=O)CN)[C@@H](Cc2ccc(O)cc2)C(=O)O)C=C1)C(N)=O. The number of carbonyl (C=O) groups is 6. The monoisotopic (exact) mass is 695 g/mol. The van der Waals surface area contributed by atoms with Crippen molar-refractivity contribution in [1.82, 2.24) is 21.0 Å². The number of primary amides is 1. The Morgan fingerprint density at radius 3 is 1.74 bits per heavy atom. The predicted molar refractivity (Wildman–Crippen MR) is 177 cm³/mol. The lowest BCUT2D eigenvalue weighted by Crippen LogP contribution is -2.54. The Hall–Kier alpha value is -5.78. The summed E-state index contributed by atoms with van der Waals surface area (Å²) in [7, 11) is 0. The molecule has 1 aliphatic rings. The van der Waals surface area contributed by atoms with Gasteiger partial charge in [0, 0.05) is 12.8 Å². The van der Waals surface area contributed by atoms with Gasteiger partial charge in [-0.3, -0.25) is 28.8 Å². The summed E-state index contributed by atoms with van der Waals surface area (Å²) in [4.78, 5) is 80.9. The minimum atomic E-state index is -1.60. The lowest BCUT2D eigenvalue weighted by molar-refractivity contribution is -0.211. The van der Waals surface area contributed by atoms with Gasteiger partial charge in [-0.25, -0.2) is 9.86 Å². The van der Waals surface area contributed by atoms with E-state index in [1.807, 2.05) is 0 Å². The summed E-state index contributed by atoms with van der Waals surface area (Å²) in [6.45, 7) is -1.48. The Bertz CT molecular complexity index is 1570. The van der Waals surface area contributed by atoms with Crippen molar-refractivity contribution in [3.8, 4) is 11.5 Å². The number of carboxylic acids is 1. The third-order valence-corrected chi connectivity index (χ3v) is 7.51. The highest BCUT2D eigenvalue weighted by atomic mass is 16.7. The first kappa shape index (κ1) is 38.7. The molecule has 0 fully saturated rings. The van der Waals surface area contributed by atoms with Gasteiger partial charge in [0.05, 0.1) is 19.6 Å². The molecule has 0 aliphatic heterocycles. The highest BCUT2D eigenvalue weighted by Crippen LogP contribution is 2.21. The number of carbonyl (C=O) groups excluding carboxylic acids is 5. The predicted octanol–water partition coefficient (Wildman–Crippen LogP) is -1.91. The van der Waals surface area contributed by atoms with Crippen LogP contribution in [-0.4, -0.2) is 99.8 Å². The molecule has 2 aromatic rings. The molecule has 17 heteroatoms. The summed E-state index contributed by atoms with van der Waals surface area (Å²) >= 11 is 0. The van der Waals surface area contributed by atoms with Gasteiger partial charge < -0.3 is 48.5 Å². The number of amides is 5. The van der Waals surface area contributed by atoms with Crippen molar-refractivity contribution >= 4 is 35.5 Å². The summed E-state index contributed by atoms with van der Waals surface area (Å²) in [5.41, 5.74) is 17.2. The molecular formula is C33H41N7O10. The second kappa shape index (κ2) is 18.7. The smallest absolute Gasteiger partial charge is 0.329 e. The number of allylic oxidation sites excluding steroid dienone is 2. The Balaban J connectivity index is 1.80. The number of aromatic hydroxyl groups is 2. The van der Waals surface area contributed by atoms with Gasteiger partial charge in [-0.05, 0) is 47.7 Å². The molecule has 0 saturated heterocycles. The molecule has 0 radical (unpaired) electrons. The van der Waals surface area contributed by atoms with Crippen LogP contribution in [0.5, 0.6) is 11.5 Å². The average molecular weight is 696 g/mol. The van der Waals surface area contributed by atoms with Gasteiger partial charge in [0.2, 0.25) is 23.6 Å². The Morgan fingerprint density at radius 1 is 0.760 bits per heavy atom. The van der Waals surface area contributed by atoms with Crippen molar-refractivity contribution in [1.29, 1.82) is 0 Å². The van der Waals surface area contributed by atoms with Crippen LogP contribution in [0.15, 0.2) is 72.8 Å². The second-order valence-electron chi connectivity index (χ2n) is 11.3. The summed E-state index contributed by atoms with van der Waals surface area (Å²) in [6, 6.07) is 7.78. The number of hydroxylamine groups is 2. The van der Waals surface area contributed by atoms with Crippen LogP contribution in [0.3, 0.4) is 0 Å². The Morgan fingerprint density at radius 2 is 1.26 bits per heavy atom. The number of aliphatic carboxylic acids is 1. The highest BCUT2D eigenvalue weighted by molar-refractivity contribution is 5.92. The molecule has 1 aliphatic carbocycles. The number of nitrogens with one attached hydrogen (secondary N) is 3. The average Bonchev–Trinajstić information content (AvgIpc) is 3.09. The maximum atomic E-state index is 13.6. The Kier molecular flexibility index (Phi) is 14.4. The lowest BCUT2D eigenvalue weighted by Gasteiger charge is -2.31. The zero-order valence-corrected chi connectivity index (χ0v) is 26.9. The van der Waals surface area contributed by atoms with Crippen LogP contribution < -0.4 is 33.2 Å². The third kappa shape index (κ3) is 12.0. The fourth-order valence-electron chi connectivity index (χ4n) is 4.89. The summed E-state index contributed by atoms with van der Waals surface area (Å²) in [5.74, 6) is -5.57. The van der Waals surface area contributed by atoms with E-state index in [1.165, 1.54) is 48.6 Å². The van der Waals surface area contributed by atoms with Crippen LogP contribution in [0.4, 0.5) is 0 Å². The second-order valence-corrected chi connectivity index (χ2v) is 11.3. The molecule has 0 spiro atoms. The zero-order chi connectivity index (χ0) is 36.8. The maximum absolute atomic E-state index is 13.6. The van der Waals surface area contributed by atoms with Crippen molar-refractivity contribution < 1.29 is 48.9 Å². The van der Waals surface area contributed by atoms with Gasteiger partial charge in [-0.2, -0.15) is 0 Å². The number of nitrogens with two attached hydrogens (primary N) is 3. The number of phenolic OH excluding ortho intramolecular Hbond substituents is 2. The molecule has 0 bridgehead atoms. The molecule has 0 saturated carbocycles. The van der Waals surface area contributed by atoms with E-state index in [4.69, 9.17) is 22.0 Å². The minimum Gasteiger partial charge on any atom is -0.508 e. The molecule has 268 valence electrons. The summed E-state index contributed by atoms with van der Waals surface area (Å²) in [5, 5.41) is 37.4. The first-order valence-corrected chi connectivity index (χ1v) is 15.5. The van der Waals surface area contributed by atoms with E-state index in [0.717, 1.165) is 0 Å². The van der Waals surface area contributed by atoms with Crippen LogP contribution in [0.1, 0.15) is 17.5 Å². The van der Waals surface area contributed by atoms with Crippen molar-refractivity contribution in [2.24, 2.45) is 23.1 Å². The fourth-order valence-corrected chi connectivity index (χ4v) is 4.89. The van der Waals surface area contributed by atoms with Crippen molar-refractivity contribution in [3.63, 3.8) is 0 Å². The molecule has 50 heavy (non-hydrogen) atoms. The van der Waals surface area contributed by atoms with E-state index in [9.17, 15) is 44.1 Å². The van der Waals surface area contributed by atoms with E-state index >= 15 is 0 Å². The summed E-state index contributed by atoms with van der Waals surface area (Å²) in [6.07, 6.45) is 5.16. The largest absolute Gasteiger partial charge is 0.508 e. The molecule has 5 amide bonds. The minimum absolute atomic E-state index is 0.00392. The topological polar surface area (TPSA) is 290 Å². The third-order valence-electron chi connectivity index (χ3n) is 7.51. The number of carboxylic acid groups (broad SMARTS) is 1. The molecule has 17 nitrogen and oxygen atoms in total. The standard InChI is InChI=1S/C33H41N7O10/c34-16-28(43)38-25(31(36)46)13-20-5-11-24(12-6-20)50-40(27(33(48)49)15-21-3-9-23(42)10-4-21)30(45)18-37-32(47)26(39-29(44)17-35)14-19-1-7-22(41)8-2-19/h1-12,20,24-27,41-42H,13-18,34-35H2,(H2,36,46)(H,37,47)(H,38,43)(H,39,44)(H,48,49)/t20?,24?,25-,26-,27-/m0/s1. The molecule has 3 rings (SSSR count). The first-order chi connectivity index (χ1) is 23.8. The van der Waals surface area contributed by atoms with Gasteiger partial charge in [0.25, 0.3) is 5.91 Å². The Labute approximate surface area is 287 Å². The van der Waals surface area contributed by atoms with Crippen molar-refractivity contribution in [3.05, 3.63) is 84.0 Å². The van der Waals surface area contributed by atoms with E-state index in [1.54, 1.807) is 24.3 Å². The number of nitrogens with zero attached hydrogens (tertiary/aromatic N) is 1. The van der Waals surface area contributed by atoms with Gasteiger partial charge in [0.15, 0.2) is 6.04 Å². The molecule has 0 aromatic heterocycles. The van der Waals surface area contributed by atoms with E-state index in [-0.39, 0.29) is 37.3 Å². The van der Waals surface area contributed by atoms with Crippen molar-refractivity contribution in [2.45, 2.75) is 43.5 Å². The van der Waals surface area contributed by atoms with Gasteiger partial charge in [0.1, 0.15) is 29.7 Å². The van der Waals surface area contributed by atoms with E-state index in [2.05, 4.69) is 16.0 Å². The zero-order valence-electron chi connectivity index (χ0n) is 26.9. The lowest BCUT2D eigenvalue weighted by atomic mass is 9.94.